The first-order valence-corrected chi connectivity index (χ1v) is 9.91. The standard InChI is InChI=1S/C23H26N2O4.ClH/c1-25(22(27)23(28)29,21(26)16-18-10-4-2-5-11-18)20(17-24-14-8-9-15-24)19-12-6-3-7-13-19;/h2-7,10-13,20H,8-9,14-17H2,1H3;1H/p+1/t20-,25?;/m1./s1. The maximum Gasteiger partial charge on any atom is 0.435 e. The molecule has 3 rings (SSSR count). The maximum absolute atomic E-state index is 13.4. The summed E-state index contributed by atoms with van der Waals surface area (Å²) in [5.41, 5.74) is 1.55. The molecule has 0 bridgehead atoms. The Labute approximate surface area is 183 Å². The SMILES string of the molecule is C[N+](C(=O)Cc1ccccc1)(C(=O)C(=O)O)[C@H](CN1CCCC1)c1ccccc1.Cl. The summed E-state index contributed by atoms with van der Waals surface area (Å²) in [7, 11) is 1.45. The van der Waals surface area contributed by atoms with Crippen molar-refractivity contribution in [1.82, 2.24) is 4.90 Å². The van der Waals surface area contributed by atoms with Gasteiger partial charge in [0.1, 0.15) is 6.04 Å². The molecule has 2 amide bonds. The van der Waals surface area contributed by atoms with E-state index in [0.717, 1.165) is 37.1 Å². The number of halogens is 1. The molecule has 0 radical (unpaired) electrons. The average molecular weight is 432 g/mol. The Morgan fingerprint density at radius 1 is 0.967 bits per heavy atom. The number of quaternary nitrogens is 1. The molecular weight excluding hydrogens is 404 g/mol. The van der Waals surface area contributed by atoms with Gasteiger partial charge in [-0.2, -0.15) is 4.48 Å². The van der Waals surface area contributed by atoms with Crippen molar-refractivity contribution >= 4 is 30.2 Å². The fourth-order valence-electron chi connectivity index (χ4n) is 4.01. The van der Waals surface area contributed by atoms with Crippen LogP contribution in [0.3, 0.4) is 0 Å². The van der Waals surface area contributed by atoms with Gasteiger partial charge in [0.05, 0.1) is 20.0 Å². The Kier molecular flexibility index (Phi) is 8.29. The van der Waals surface area contributed by atoms with Crippen molar-refractivity contribution in [3.8, 4) is 0 Å². The van der Waals surface area contributed by atoms with Gasteiger partial charge in [-0.25, -0.2) is 14.4 Å². The topological polar surface area (TPSA) is 74.7 Å². The van der Waals surface area contributed by atoms with E-state index in [1.165, 1.54) is 7.05 Å². The van der Waals surface area contributed by atoms with Crippen LogP contribution in [0.5, 0.6) is 0 Å². The summed E-state index contributed by atoms with van der Waals surface area (Å²) < 4.78 is -0.787. The maximum atomic E-state index is 13.4. The Morgan fingerprint density at radius 2 is 1.50 bits per heavy atom. The smallest absolute Gasteiger partial charge is 0.435 e. The molecule has 30 heavy (non-hydrogen) atoms. The third-order valence-electron chi connectivity index (χ3n) is 5.76. The molecule has 2 aromatic rings. The highest BCUT2D eigenvalue weighted by atomic mass is 35.5. The second-order valence-corrected chi connectivity index (χ2v) is 7.68. The van der Waals surface area contributed by atoms with Crippen molar-refractivity contribution < 1.29 is 24.0 Å². The van der Waals surface area contributed by atoms with Crippen LogP contribution >= 0.6 is 12.4 Å². The summed E-state index contributed by atoms with van der Waals surface area (Å²) in [5, 5.41) is 9.56. The molecular formula is C23H28ClN2O4+. The van der Waals surface area contributed by atoms with E-state index in [-0.39, 0.29) is 18.8 Å². The second kappa shape index (κ2) is 10.5. The number of carbonyl (C=O) groups excluding carboxylic acids is 2. The van der Waals surface area contributed by atoms with Crippen molar-refractivity contribution in [3.63, 3.8) is 0 Å². The number of amides is 2. The van der Waals surface area contributed by atoms with Crippen LogP contribution in [0.15, 0.2) is 60.7 Å². The minimum atomic E-state index is -1.59. The minimum absolute atomic E-state index is 0. The van der Waals surface area contributed by atoms with Crippen LogP contribution < -0.4 is 0 Å². The first-order valence-electron chi connectivity index (χ1n) is 9.91. The number of aliphatic carboxylic acids is 1. The number of carboxylic acids is 1. The number of carbonyl (C=O) groups is 3. The lowest BCUT2D eigenvalue weighted by Gasteiger charge is -2.37. The van der Waals surface area contributed by atoms with Gasteiger partial charge in [-0.15, -0.1) is 12.4 Å². The zero-order chi connectivity index (χ0) is 20.9. The molecule has 2 atom stereocenters. The van der Waals surface area contributed by atoms with E-state index in [4.69, 9.17) is 0 Å². The number of carboxylic acid groups (broad SMARTS) is 1. The van der Waals surface area contributed by atoms with E-state index < -0.39 is 28.3 Å². The van der Waals surface area contributed by atoms with E-state index in [0.29, 0.717) is 6.54 Å². The fraction of sp³-hybridized carbons (Fsp3) is 0.348. The Balaban J connectivity index is 0.00000320. The van der Waals surface area contributed by atoms with Gasteiger partial charge in [0.2, 0.25) is 0 Å². The summed E-state index contributed by atoms with van der Waals surface area (Å²) in [6.07, 6.45) is 2.13. The summed E-state index contributed by atoms with van der Waals surface area (Å²) in [4.78, 5) is 40.3. The van der Waals surface area contributed by atoms with Crippen molar-refractivity contribution in [2.24, 2.45) is 0 Å². The molecule has 0 aliphatic carbocycles. The monoisotopic (exact) mass is 431 g/mol. The fourth-order valence-corrected chi connectivity index (χ4v) is 4.01. The molecule has 6 nitrogen and oxygen atoms in total. The molecule has 1 heterocycles. The average Bonchev–Trinajstić information content (AvgIpc) is 3.25. The highest BCUT2D eigenvalue weighted by Crippen LogP contribution is 2.31. The van der Waals surface area contributed by atoms with Gasteiger partial charge in [-0.3, -0.25) is 4.90 Å². The number of rotatable bonds is 6. The first-order chi connectivity index (χ1) is 13.9. The van der Waals surface area contributed by atoms with Crippen molar-refractivity contribution in [1.29, 1.82) is 0 Å². The summed E-state index contributed by atoms with van der Waals surface area (Å²) in [5.74, 6) is -3.10. The molecule has 0 spiro atoms. The van der Waals surface area contributed by atoms with Crippen molar-refractivity contribution in [2.75, 3.05) is 26.7 Å². The number of imide groups is 1. The number of likely N-dealkylation sites (N-methyl/N-ethyl adjacent to an activating group) is 1. The van der Waals surface area contributed by atoms with Crippen LogP contribution in [-0.2, 0) is 20.8 Å². The molecule has 160 valence electrons. The molecule has 0 saturated carbocycles. The Morgan fingerprint density at radius 3 is 2.03 bits per heavy atom. The minimum Gasteiger partial charge on any atom is -0.471 e. The number of nitrogens with zero attached hydrogens (tertiary/aromatic N) is 2. The molecule has 0 aromatic heterocycles. The lowest BCUT2D eigenvalue weighted by atomic mass is 9.99. The van der Waals surface area contributed by atoms with Crippen molar-refractivity contribution in [3.05, 3.63) is 71.8 Å². The second-order valence-electron chi connectivity index (χ2n) is 7.68. The highest BCUT2D eigenvalue weighted by Gasteiger charge is 2.51. The van der Waals surface area contributed by atoms with E-state index in [2.05, 4.69) is 4.90 Å². The van der Waals surface area contributed by atoms with Gasteiger partial charge in [0.25, 0.3) is 0 Å². The molecule has 1 N–H and O–H groups in total. The predicted molar refractivity (Wildman–Crippen MR) is 116 cm³/mol. The van der Waals surface area contributed by atoms with Crippen LogP contribution in [0.2, 0.25) is 0 Å². The summed E-state index contributed by atoms with van der Waals surface area (Å²) in [6, 6.07) is 17.8. The Bertz CT molecular complexity index is 869. The van der Waals surface area contributed by atoms with E-state index >= 15 is 0 Å². The zero-order valence-electron chi connectivity index (χ0n) is 17.1. The highest BCUT2D eigenvalue weighted by molar-refractivity contribution is 6.30. The van der Waals surface area contributed by atoms with Gasteiger partial charge in [-0.1, -0.05) is 60.7 Å². The molecule has 7 heteroatoms. The van der Waals surface area contributed by atoms with E-state index in [9.17, 15) is 19.5 Å². The van der Waals surface area contributed by atoms with Crippen LogP contribution in [0, 0.1) is 0 Å². The van der Waals surface area contributed by atoms with E-state index in [1.807, 2.05) is 60.7 Å². The molecule has 1 fully saturated rings. The lowest BCUT2D eigenvalue weighted by molar-refractivity contribution is -0.788. The first kappa shape index (κ1) is 23.7. The zero-order valence-corrected chi connectivity index (χ0v) is 17.9. The molecule has 1 aliphatic rings. The van der Waals surface area contributed by atoms with Crippen molar-refractivity contribution in [2.45, 2.75) is 25.3 Å². The molecule has 2 aromatic carbocycles. The Hall–Kier alpha value is -2.54. The molecule has 1 saturated heterocycles. The number of hydrogen-bond donors (Lipinski definition) is 1. The van der Waals surface area contributed by atoms with Gasteiger partial charge >= 0.3 is 17.8 Å². The third kappa shape index (κ3) is 5.14. The van der Waals surface area contributed by atoms with Gasteiger partial charge in [-0.05, 0) is 31.5 Å². The van der Waals surface area contributed by atoms with Crippen LogP contribution in [0.25, 0.3) is 0 Å². The molecule has 1 unspecified atom stereocenters. The largest absolute Gasteiger partial charge is 0.471 e. The number of likely N-dealkylation sites (tertiary alicyclic amines) is 1. The third-order valence-corrected chi connectivity index (χ3v) is 5.76. The normalized spacial score (nSPS) is 16.8. The van der Waals surface area contributed by atoms with Crippen LogP contribution in [0.4, 0.5) is 0 Å². The van der Waals surface area contributed by atoms with Gasteiger partial charge < -0.3 is 5.11 Å². The predicted octanol–water partition coefficient (Wildman–Crippen LogP) is 3.07. The lowest BCUT2D eigenvalue weighted by Crippen LogP contribution is -2.61. The van der Waals surface area contributed by atoms with Crippen LogP contribution in [0.1, 0.15) is 30.0 Å². The van der Waals surface area contributed by atoms with E-state index in [1.54, 1.807) is 0 Å². The van der Waals surface area contributed by atoms with Gasteiger partial charge in [0, 0.05) is 5.56 Å². The van der Waals surface area contributed by atoms with Crippen LogP contribution in [-0.4, -0.2) is 59.0 Å². The number of hydrogen-bond acceptors (Lipinski definition) is 4. The van der Waals surface area contributed by atoms with Gasteiger partial charge in [0.15, 0.2) is 0 Å². The summed E-state index contributed by atoms with van der Waals surface area (Å²) in [6.45, 7) is 2.23. The number of benzene rings is 2. The quantitative estimate of drug-likeness (QED) is 0.562. The summed E-state index contributed by atoms with van der Waals surface area (Å²) >= 11 is 0. The molecule has 1 aliphatic heterocycles.